The first kappa shape index (κ1) is 25.3. The maximum absolute atomic E-state index is 13.4. The number of rotatable bonds is 7. The number of benzene rings is 1. The molecule has 0 radical (unpaired) electrons. The molecule has 3 aliphatic rings. The van der Waals surface area contributed by atoms with Crippen LogP contribution in [0.15, 0.2) is 65.8 Å². The molecule has 8 nitrogen and oxygen atoms in total. The number of fused-ring (bicyclic) bond motifs is 1. The summed E-state index contributed by atoms with van der Waals surface area (Å²) in [6, 6.07) is 14.2. The molecule has 4 aromatic rings. The summed E-state index contributed by atoms with van der Waals surface area (Å²) in [6.07, 6.45) is 8.49. The third kappa shape index (κ3) is 4.57. The molecule has 0 bridgehead atoms. The van der Waals surface area contributed by atoms with Crippen LogP contribution in [0.2, 0.25) is 0 Å². The molecule has 1 aromatic carbocycles. The lowest BCUT2D eigenvalue weighted by atomic mass is 9.64. The summed E-state index contributed by atoms with van der Waals surface area (Å²) < 4.78 is 7.73. The number of hydrogen-bond acceptors (Lipinski definition) is 6. The number of amides is 2. The smallest absolute Gasteiger partial charge is 0.268 e. The van der Waals surface area contributed by atoms with Gasteiger partial charge in [0.25, 0.3) is 5.91 Å². The number of carbonyl (C=O) groups is 2. The lowest BCUT2D eigenvalue weighted by Crippen LogP contribution is -2.42. The maximum atomic E-state index is 13.4. The van der Waals surface area contributed by atoms with Crippen LogP contribution in [0.1, 0.15) is 53.4 Å². The second-order valence-corrected chi connectivity index (χ2v) is 12.6. The number of anilines is 1. The Balaban J connectivity index is 1.17. The summed E-state index contributed by atoms with van der Waals surface area (Å²) in [5.41, 5.74) is 3.32. The Labute approximate surface area is 237 Å². The SMILES string of the molecule is C=CC(=O)N1CCC2(CC(n3c(NC(=O)c4ccc(-c5ccco5)s4)nc4cc(CN5CCCC5)ccc43)C2)C1. The molecule has 206 valence electrons. The molecule has 1 N–H and O–H groups in total. The topological polar surface area (TPSA) is 83.6 Å². The van der Waals surface area contributed by atoms with E-state index in [2.05, 4.69) is 39.6 Å². The van der Waals surface area contributed by atoms with Crippen molar-refractivity contribution in [2.24, 2.45) is 5.41 Å². The van der Waals surface area contributed by atoms with E-state index in [0.717, 1.165) is 73.7 Å². The molecular formula is C31H33N5O3S. The minimum atomic E-state index is -0.172. The third-order valence-electron chi connectivity index (χ3n) is 8.80. The Morgan fingerprint density at radius 1 is 1.15 bits per heavy atom. The van der Waals surface area contributed by atoms with Crippen molar-refractivity contribution < 1.29 is 14.0 Å². The molecule has 2 saturated heterocycles. The first-order valence-electron chi connectivity index (χ1n) is 14.1. The van der Waals surface area contributed by atoms with E-state index >= 15 is 0 Å². The van der Waals surface area contributed by atoms with Gasteiger partial charge in [-0.15, -0.1) is 11.3 Å². The number of hydrogen-bond donors (Lipinski definition) is 1. The van der Waals surface area contributed by atoms with Crippen molar-refractivity contribution in [2.45, 2.75) is 44.7 Å². The summed E-state index contributed by atoms with van der Waals surface area (Å²) in [4.78, 5) is 36.5. The number of likely N-dealkylation sites (tertiary alicyclic amines) is 2. The van der Waals surface area contributed by atoms with Crippen LogP contribution in [0, 0.1) is 5.41 Å². The summed E-state index contributed by atoms with van der Waals surface area (Å²) in [5.74, 6) is 1.18. The van der Waals surface area contributed by atoms with Crippen LogP contribution in [-0.4, -0.2) is 57.3 Å². The Morgan fingerprint density at radius 2 is 2.00 bits per heavy atom. The molecule has 1 aliphatic carbocycles. The van der Waals surface area contributed by atoms with Crippen LogP contribution in [0.25, 0.3) is 21.7 Å². The lowest BCUT2D eigenvalue weighted by Gasteiger charge is -2.46. The van der Waals surface area contributed by atoms with Gasteiger partial charge in [0.15, 0.2) is 0 Å². The first-order valence-corrected chi connectivity index (χ1v) is 14.9. The van der Waals surface area contributed by atoms with E-state index in [1.807, 2.05) is 29.2 Å². The van der Waals surface area contributed by atoms with Gasteiger partial charge in [-0.2, -0.15) is 0 Å². The van der Waals surface area contributed by atoms with E-state index in [1.54, 1.807) is 6.26 Å². The molecule has 2 amide bonds. The highest BCUT2D eigenvalue weighted by atomic mass is 32.1. The predicted molar refractivity (Wildman–Crippen MR) is 156 cm³/mol. The molecule has 0 atom stereocenters. The van der Waals surface area contributed by atoms with E-state index in [9.17, 15) is 9.59 Å². The number of nitrogens with zero attached hydrogens (tertiary/aromatic N) is 4. The van der Waals surface area contributed by atoms with Crippen molar-refractivity contribution in [3.63, 3.8) is 0 Å². The second-order valence-electron chi connectivity index (χ2n) is 11.5. The normalized spacial score (nSPS) is 22.7. The number of thiophene rings is 1. The van der Waals surface area contributed by atoms with Gasteiger partial charge >= 0.3 is 0 Å². The Bertz CT molecular complexity index is 1570. The summed E-state index contributed by atoms with van der Waals surface area (Å²) in [6.45, 7) is 8.42. The molecule has 7 rings (SSSR count). The molecule has 1 saturated carbocycles. The molecule has 2 aliphatic heterocycles. The van der Waals surface area contributed by atoms with E-state index in [-0.39, 0.29) is 23.3 Å². The molecule has 5 heterocycles. The Kier molecular flexibility index (Phi) is 6.35. The zero-order chi connectivity index (χ0) is 27.3. The van der Waals surface area contributed by atoms with Crippen LogP contribution in [-0.2, 0) is 11.3 Å². The van der Waals surface area contributed by atoms with Crippen LogP contribution in [0.5, 0.6) is 0 Å². The number of carbonyl (C=O) groups excluding carboxylic acids is 2. The van der Waals surface area contributed by atoms with Gasteiger partial charge in [-0.25, -0.2) is 4.98 Å². The molecule has 3 fully saturated rings. The van der Waals surface area contributed by atoms with Crippen molar-refractivity contribution >= 4 is 40.1 Å². The molecule has 0 unspecified atom stereocenters. The molecule has 9 heteroatoms. The number of nitrogens with one attached hydrogen (secondary N) is 1. The first-order chi connectivity index (χ1) is 19.5. The predicted octanol–water partition coefficient (Wildman–Crippen LogP) is 5.95. The van der Waals surface area contributed by atoms with E-state index in [1.165, 1.54) is 35.8 Å². The van der Waals surface area contributed by atoms with Crippen molar-refractivity contribution in [1.29, 1.82) is 0 Å². The van der Waals surface area contributed by atoms with Gasteiger partial charge in [0.1, 0.15) is 5.76 Å². The average Bonchev–Trinajstić information content (AvgIpc) is 3.76. The minimum Gasteiger partial charge on any atom is -0.464 e. The second kappa shape index (κ2) is 10.1. The van der Waals surface area contributed by atoms with Crippen molar-refractivity contribution in [3.8, 4) is 10.6 Å². The third-order valence-corrected chi connectivity index (χ3v) is 9.90. The van der Waals surface area contributed by atoms with Gasteiger partial charge in [0, 0.05) is 25.7 Å². The minimum absolute atomic E-state index is 0.0109. The number of aromatic nitrogens is 2. The summed E-state index contributed by atoms with van der Waals surface area (Å²) in [5, 5.41) is 3.14. The Hall–Kier alpha value is -3.69. The van der Waals surface area contributed by atoms with E-state index in [0.29, 0.717) is 10.8 Å². The number of imidazole rings is 1. The zero-order valence-corrected chi connectivity index (χ0v) is 23.3. The van der Waals surface area contributed by atoms with Gasteiger partial charge in [0.05, 0.1) is 27.1 Å². The van der Waals surface area contributed by atoms with E-state index in [4.69, 9.17) is 9.40 Å². The maximum Gasteiger partial charge on any atom is 0.268 e. The van der Waals surface area contributed by atoms with E-state index < -0.39 is 0 Å². The van der Waals surface area contributed by atoms with Gasteiger partial charge < -0.3 is 13.9 Å². The lowest BCUT2D eigenvalue weighted by molar-refractivity contribution is -0.125. The monoisotopic (exact) mass is 555 g/mol. The van der Waals surface area contributed by atoms with Crippen LogP contribution in [0.4, 0.5) is 5.95 Å². The van der Waals surface area contributed by atoms with Crippen molar-refractivity contribution in [2.75, 3.05) is 31.5 Å². The fraction of sp³-hybridized carbons (Fsp3) is 0.387. The van der Waals surface area contributed by atoms with Crippen molar-refractivity contribution in [3.05, 3.63) is 71.8 Å². The summed E-state index contributed by atoms with van der Waals surface area (Å²) >= 11 is 1.41. The quantitative estimate of drug-likeness (QED) is 0.285. The standard InChI is InChI=1S/C31H33N5O3S/c1-2-28(37)35-14-11-31(20-35)17-22(18-31)36-24-8-7-21(19-34-12-3-4-13-34)16-23(24)32-30(36)33-29(38)27-10-9-26(40-27)25-6-5-15-39-25/h2,5-10,15-16,22H,1,3-4,11-14,17-20H2,(H,32,33,38). The van der Waals surface area contributed by atoms with Crippen LogP contribution < -0.4 is 5.32 Å². The molecule has 3 aromatic heterocycles. The molecule has 1 spiro atoms. The fourth-order valence-electron chi connectivity index (χ4n) is 6.78. The zero-order valence-electron chi connectivity index (χ0n) is 22.5. The van der Waals surface area contributed by atoms with Crippen LogP contribution >= 0.6 is 11.3 Å². The Morgan fingerprint density at radius 3 is 2.77 bits per heavy atom. The van der Waals surface area contributed by atoms with Gasteiger partial charge in [0.2, 0.25) is 11.9 Å². The average molecular weight is 556 g/mol. The van der Waals surface area contributed by atoms with Crippen molar-refractivity contribution in [1.82, 2.24) is 19.4 Å². The summed E-state index contributed by atoms with van der Waals surface area (Å²) in [7, 11) is 0. The highest BCUT2D eigenvalue weighted by Crippen LogP contribution is 2.55. The van der Waals surface area contributed by atoms with Gasteiger partial charge in [-0.3, -0.25) is 19.8 Å². The molecule has 40 heavy (non-hydrogen) atoms. The van der Waals surface area contributed by atoms with Gasteiger partial charge in [-0.1, -0.05) is 12.6 Å². The number of furan rings is 1. The molecular weight excluding hydrogens is 522 g/mol. The highest BCUT2D eigenvalue weighted by molar-refractivity contribution is 7.17. The van der Waals surface area contributed by atoms with Gasteiger partial charge in [-0.05, 0) is 98.6 Å². The highest BCUT2D eigenvalue weighted by Gasteiger charge is 2.50. The fourth-order valence-corrected chi connectivity index (χ4v) is 7.65. The van der Waals surface area contributed by atoms with Crippen LogP contribution in [0.3, 0.4) is 0 Å². The largest absolute Gasteiger partial charge is 0.464 e.